The summed E-state index contributed by atoms with van der Waals surface area (Å²) in [5.74, 6) is 0.00175. The molecular formula is C17H19NO2S. The molecule has 0 atom stereocenters. The lowest BCUT2D eigenvalue weighted by molar-refractivity contribution is -0.119. The molecule has 0 spiro atoms. The number of aromatic amines is 1. The van der Waals surface area contributed by atoms with Crippen molar-refractivity contribution in [2.45, 2.75) is 27.7 Å². The number of thiazole rings is 1. The molecule has 4 heteroatoms. The number of H-pyrrole nitrogens is 1. The third-order valence-corrected chi connectivity index (χ3v) is 4.02. The Bertz CT molecular complexity index is 817. The van der Waals surface area contributed by atoms with Crippen molar-refractivity contribution in [3.8, 4) is 0 Å². The number of hydrogen-bond acceptors (Lipinski definition) is 3. The Hall–Kier alpha value is -1.94. The number of carbonyl (C=O) groups excluding carboxylic acids is 1. The van der Waals surface area contributed by atoms with Gasteiger partial charge in [-0.05, 0) is 18.6 Å². The van der Waals surface area contributed by atoms with Crippen molar-refractivity contribution in [3.05, 3.63) is 54.9 Å². The first-order valence-electron chi connectivity index (χ1n) is 6.79. The van der Waals surface area contributed by atoms with Gasteiger partial charge >= 0.3 is 0 Å². The third-order valence-electron chi connectivity index (χ3n) is 3.06. The fourth-order valence-electron chi connectivity index (χ4n) is 1.67. The van der Waals surface area contributed by atoms with Crippen molar-refractivity contribution in [2.75, 3.05) is 0 Å². The van der Waals surface area contributed by atoms with Crippen LogP contribution in [0.1, 0.15) is 31.9 Å². The fourth-order valence-corrected chi connectivity index (χ4v) is 2.56. The summed E-state index contributed by atoms with van der Waals surface area (Å²) in [6.07, 6.45) is 3.35. The number of rotatable bonds is 2. The molecule has 0 unspecified atom stereocenters. The van der Waals surface area contributed by atoms with Gasteiger partial charge in [0.05, 0.1) is 9.20 Å². The van der Waals surface area contributed by atoms with Crippen LogP contribution in [0.15, 0.2) is 29.1 Å². The minimum absolute atomic E-state index is 0.00175. The molecule has 110 valence electrons. The predicted molar refractivity (Wildman–Crippen MR) is 87.9 cm³/mol. The maximum atomic E-state index is 12.0. The lowest BCUT2D eigenvalue weighted by Crippen LogP contribution is -2.22. The summed E-state index contributed by atoms with van der Waals surface area (Å²) in [7, 11) is 0. The van der Waals surface area contributed by atoms with Crippen LogP contribution >= 0.6 is 11.3 Å². The zero-order valence-electron chi connectivity index (χ0n) is 12.7. The molecule has 0 saturated carbocycles. The van der Waals surface area contributed by atoms with Crippen molar-refractivity contribution < 1.29 is 4.79 Å². The number of Topliss-reactive ketones (excluding diaryl/α,β-unsaturated/α-hetero) is 1. The van der Waals surface area contributed by atoms with Crippen LogP contribution in [0.2, 0.25) is 0 Å². The second-order valence-electron chi connectivity index (χ2n) is 6.10. The fraction of sp³-hybridized carbons (Fsp3) is 0.294. The van der Waals surface area contributed by atoms with E-state index in [0.29, 0.717) is 9.20 Å². The summed E-state index contributed by atoms with van der Waals surface area (Å²) in [4.78, 5) is 26.6. The zero-order chi connectivity index (χ0) is 15.6. The molecule has 0 aliphatic carbocycles. The van der Waals surface area contributed by atoms with Gasteiger partial charge in [-0.3, -0.25) is 9.59 Å². The van der Waals surface area contributed by atoms with Crippen LogP contribution in [0.3, 0.4) is 0 Å². The van der Waals surface area contributed by atoms with E-state index in [1.165, 1.54) is 23.0 Å². The second kappa shape index (κ2) is 5.82. The van der Waals surface area contributed by atoms with E-state index in [-0.39, 0.29) is 11.3 Å². The van der Waals surface area contributed by atoms with Gasteiger partial charge in [0, 0.05) is 11.5 Å². The number of benzene rings is 1. The highest BCUT2D eigenvalue weighted by atomic mass is 32.1. The number of nitrogens with one attached hydrogen (secondary N) is 1. The molecule has 0 amide bonds. The van der Waals surface area contributed by atoms with Crippen molar-refractivity contribution >= 4 is 29.3 Å². The van der Waals surface area contributed by atoms with E-state index in [0.717, 1.165) is 5.56 Å². The quantitative estimate of drug-likeness (QED) is 0.922. The summed E-state index contributed by atoms with van der Waals surface area (Å²) in [5.41, 5.74) is 1.55. The molecule has 21 heavy (non-hydrogen) atoms. The van der Waals surface area contributed by atoms with Crippen LogP contribution in [-0.2, 0) is 4.79 Å². The van der Waals surface area contributed by atoms with Crippen LogP contribution in [0.25, 0.3) is 12.2 Å². The molecule has 0 fully saturated rings. The number of aromatic nitrogens is 1. The number of carbonyl (C=O) groups is 1. The maximum Gasteiger partial charge on any atom is 0.266 e. The molecule has 2 aromatic rings. The highest BCUT2D eigenvalue weighted by Crippen LogP contribution is 2.14. The minimum Gasteiger partial charge on any atom is -0.313 e. The second-order valence-corrected chi connectivity index (χ2v) is 7.18. The molecule has 0 aliphatic heterocycles. The van der Waals surface area contributed by atoms with Crippen molar-refractivity contribution in [1.82, 2.24) is 4.98 Å². The average Bonchev–Trinajstić information content (AvgIpc) is 2.71. The highest BCUT2D eigenvalue weighted by Gasteiger charge is 2.18. The van der Waals surface area contributed by atoms with Gasteiger partial charge in [-0.15, -0.1) is 11.3 Å². The van der Waals surface area contributed by atoms with Crippen LogP contribution in [-0.4, -0.2) is 10.8 Å². The largest absolute Gasteiger partial charge is 0.313 e. The minimum atomic E-state index is -0.443. The Labute approximate surface area is 127 Å². The molecule has 0 bridgehead atoms. The Balaban J connectivity index is 2.45. The average molecular weight is 301 g/mol. The smallest absolute Gasteiger partial charge is 0.266 e. The van der Waals surface area contributed by atoms with Crippen LogP contribution < -0.4 is 14.8 Å². The van der Waals surface area contributed by atoms with Crippen LogP contribution in [0.4, 0.5) is 0 Å². The van der Waals surface area contributed by atoms with Crippen molar-refractivity contribution in [2.24, 2.45) is 5.41 Å². The van der Waals surface area contributed by atoms with Gasteiger partial charge in [-0.1, -0.05) is 50.6 Å². The molecule has 1 heterocycles. The predicted octanol–water partition coefficient (Wildman–Crippen LogP) is 1.97. The molecule has 3 nitrogen and oxygen atoms in total. The third kappa shape index (κ3) is 4.02. The van der Waals surface area contributed by atoms with E-state index in [4.69, 9.17) is 0 Å². The number of hydrogen-bond donors (Lipinski definition) is 1. The van der Waals surface area contributed by atoms with E-state index in [2.05, 4.69) is 4.98 Å². The van der Waals surface area contributed by atoms with E-state index in [1.54, 1.807) is 0 Å². The zero-order valence-corrected chi connectivity index (χ0v) is 13.5. The number of ketones is 1. The Kier molecular flexibility index (Phi) is 4.28. The molecule has 1 aromatic carbocycles. The summed E-state index contributed by atoms with van der Waals surface area (Å²) < 4.78 is 1.20. The Morgan fingerprint density at radius 3 is 2.38 bits per heavy atom. The molecule has 1 aromatic heterocycles. The van der Waals surface area contributed by atoms with Gasteiger partial charge in [0.2, 0.25) is 0 Å². The van der Waals surface area contributed by atoms with E-state index >= 15 is 0 Å². The molecule has 0 aliphatic rings. The molecule has 0 radical (unpaired) electrons. The first-order chi connectivity index (χ1) is 9.75. The summed E-state index contributed by atoms with van der Waals surface area (Å²) in [6, 6.07) is 7.95. The van der Waals surface area contributed by atoms with Gasteiger partial charge in [-0.25, -0.2) is 0 Å². The van der Waals surface area contributed by atoms with Crippen molar-refractivity contribution in [1.29, 1.82) is 0 Å². The molecule has 2 rings (SSSR count). The first-order valence-corrected chi connectivity index (χ1v) is 7.61. The Morgan fingerprint density at radius 2 is 1.81 bits per heavy atom. The van der Waals surface area contributed by atoms with E-state index in [9.17, 15) is 9.59 Å². The monoisotopic (exact) mass is 301 g/mol. The van der Waals surface area contributed by atoms with E-state index < -0.39 is 5.41 Å². The summed E-state index contributed by atoms with van der Waals surface area (Å²) in [6.45, 7) is 7.59. The SMILES string of the molecule is Cc1ccc(/C=c2\s/c(=C\C(=O)C(C)(C)C)[nH]c2=O)cc1. The Morgan fingerprint density at radius 1 is 1.19 bits per heavy atom. The maximum absolute atomic E-state index is 12.0. The molecule has 0 saturated heterocycles. The first kappa shape index (κ1) is 15.4. The highest BCUT2D eigenvalue weighted by molar-refractivity contribution is 7.07. The normalized spacial score (nSPS) is 13.7. The van der Waals surface area contributed by atoms with Gasteiger partial charge in [0.1, 0.15) is 0 Å². The van der Waals surface area contributed by atoms with Gasteiger partial charge in [0.15, 0.2) is 5.78 Å². The van der Waals surface area contributed by atoms with Crippen LogP contribution in [0.5, 0.6) is 0 Å². The standard InChI is InChI=1S/C17H19NO2S/c1-11-5-7-12(8-6-11)9-13-16(20)18-15(21-13)10-14(19)17(2,3)4/h5-10H,1-4H3,(H,18,20)/b13-9-,15-10-. The summed E-state index contributed by atoms with van der Waals surface area (Å²) in [5, 5.41) is 0. The molecule has 1 N–H and O–H groups in total. The molecular weight excluding hydrogens is 282 g/mol. The number of aryl methyl sites for hydroxylation is 1. The van der Waals surface area contributed by atoms with Crippen molar-refractivity contribution in [3.63, 3.8) is 0 Å². The van der Waals surface area contributed by atoms with Crippen LogP contribution in [0, 0.1) is 12.3 Å². The van der Waals surface area contributed by atoms with Gasteiger partial charge in [0.25, 0.3) is 5.56 Å². The summed E-state index contributed by atoms with van der Waals surface area (Å²) >= 11 is 1.30. The van der Waals surface area contributed by atoms with Gasteiger partial charge in [-0.2, -0.15) is 0 Å². The lowest BCUT2D eigenvalue weighted by Gasteiger charge is -2.12. The topological polar surface area (TPSA) is 49.9 Å². The van der Waals surface area contributed by atoms with Gasteiger partial charge < -0.3 is 4.98 Å². The van der Waals surface area contributed by atoms with E-state index in [1.807, 2.05) is 58.0 Å². The lowest BCUT2D eigenvalue weighted by atomic mass is 9.91.